The first-order chi connectivity index (χ1) is 9.04. The molecule has 0 aliphatic heterocycles. The Hall–Kier alpha value is -1.35. The molecule has 0 aliphatic carbocycles. The van der Waals surface area contributed by atoms with Crippen LogP contribution in [0, 0.1) is 13.8 Å². The van der Waals surface area contributed by atoms with Gasteiger partial charge in [-0.3, -0.25) is 4.98 Å². The average Bonchev–Trinajstić information content (AvgIpc) is 2.36. The van der Waals surface area contributed by atoms with Gasteiger partial charge in [0.25, 0.3) is 0 Å². The second-order valence-corrected chi connectivity index (χ2v) is 5.88. The van der Waals surface area contributed by atoms with E-state index >= 15 is 0 Å². The predicted octanol–water partition coefficient (Wildman–Crippen LogP) is 4.50. The number of hydrogen-bond donors (Lipinski definition) is 1. The standard InChI is InChI=1S/C16H19BrN2/c1-11-4-9-16(13(3)18-11)19-12(2)10-14-5-7-15(17)8-6-14/h4-9,12,19H,10H2,1-3H3. The molecule has 1 atom stereocenters. The van der Waals surface area contributed by atoms with E-state index in [1.165, 1.54) is 5.56 Å². The number of hydrogen-bond acceptors (Lipinski definition) is 2. The summed E-state index contributed by atoms with van der Waals surface area (Å²) in [4.78, 5) is 4.48. The maximum absolute atomic E-state index is 4.48. The predicted molar refractivity (Wildman–Crippen MR) is 84.6 cm³/mol. The second-order valence-electron chi connectivity index (χ2n) is 4.96. The van der Waals surface area contributed by atoms with Crippen LogP contribution < -0.4 is 5.32 Å². The van der Waals surface area contributed by atoms with Crippen LogP contribution in [-0.4, -0.2) is 11.0 Å². The third-order valence-electron chi connectivity index (χ3n) is 3.08. The van der Waals surface area contributed by atoms with Crippen LogP contribution in [0.3, 0.4) is 0 Å². The van der Waals surface area contributed by atoms with Crippen LogP contribution in [0.25, 0.3) is 0 Å². The Bertz CT molecular complexity index is 549. The smallest absolute Gasteiger partial charge is 0.0606 e. The first-order valence-corrected chi connectivity index (χ1v) is 7.29. The molecule has 1 heterocycles. The topological polar surface area (TPSA) is 24.9 Å². The fourth-order valence-electron chi connectivity index (χ4n) is 2.13. The van der Waals surface area contributed by atoms with Gasteiger partial charge >= 0.3 is 0 Å². The normalized spacial score (nSPS) is 12.2. The molecule has 2 nitrogen and oxygen atoms in total. The van der Waals surface area contributed by atoms with Crippen molar-refractivity contribution in [2.24, 2.45) is 0 Å². The Morgan fingerprint density at radius 2 is 1.79 bits per heavy atom. The van der Waals surface area contributed by atoms with E-state index in [4.69, 9.17) is 0 Å². The van der Waals surface area contributed by atoms with Gasteiger partial charge < -0.3 is 5.32 Å². The SMILES string of the molecule is Cc1ccc(NC(C)Cc2ccc(Br)cc2)c(C)n1. The molecule has 19 heavy (non-hydrogen) atoms. The van der Waals surface area contributed by atoms with Gasteiger partial charge in [-0.25, -0.2) is 0 Å². The highest BCUT2D eigenvalue weighted by atomic mass is 79.9. The van der Waals surface area contributed by atoms with E-state index in [9.17, 15) is 0 Å². The first kappa shape index (κ1) is 14.1. The summed E-state index contributed by atoms with van der Waals surface area (Å²) in [6, 6.07) is 13.0. The molecule has 2 aromatic rings. The van der Waals surface area contributed by atoms with Gasteiger partial charge in [-0.05, 0) is 57.0 Å². The molecule has 1 N–H and O–H groups in total. The summed E-state index contributed by atoms with van der Waals surface area (Å²) in [5.41, 5.74) is 4.57. The number of pyridine rings is 1. The Morgan fingerprint density at radius 3 is 2.42 bits per heavy atom. The summed E-state index contributed by atoms with van der Waals surface area (Å²) >= 11 is 3.46. The average molecular weight is 319 g/mol. The number of aryl methyl sites for hydroxylation is 2. The number of benzene rings is 1. The third-order valence-corrected chi connectivity index (χ3v) is 3.61. The van der Waals surface area contributed by atoms with Crippen LogP contribution in [0.1, 0.15) is 23.9 Å². The molecular weight excluding hydrogens is 300 g/mol. The monoisotopic (exact) mass is 318 g/mol. The number of halogens is 1. The highest BCUT2D eigenvalue weighted by Gasteiger charge is 2.06. The van der Waals surface area contributed by atoms with E-state index in [2.05, 4.69) is 63.5 Å². The Labute approximate surface area is 123 Å². The molecule has 0 radical (unpaired) electrons. The van der Waals surface area contributed by atoms with Crippen molar-refractivity contribution in [2.75, 3.05) is 5.32 Å². The number of nitrogens with one attached hydrogen (secondary N) is 1. The van der Waals surface area contributed by atoms with E-state index in [0.29, 0.717) is 6.04 Å². The van der Waals surface area contributed by atoms with Crippen LogP contribution in [0.4, 0.5) is 5.69 Å². The maximum atomic E-state index is 4.48. The van der Waals surface area contributed by atoms with Crippen molar-refractivity contribution in [1.29, 1.82) is 0 Å². The minimum Gasteiger partial charge on any atom is -0.381 e. The molecule has 1 unspecified atom stereocenters. The van der Waals surface area contributed by atoms with E-state index in [0.717, 1.165) is 28.0 Å². The largest absolute Gasteiger partial charge is 0.381 e. The lowest BCUT2D eigenvalue weighted by Crippen LogP contribution is -2.19. The van der Waals surface area contributed by atoms with Crippen LogP contribution in [-0.2, 0) is 6.42 Å². The van der Waals surface area contributed by atoms with Gasteiger partial charge in [-0.1, -0.05) is 28.1 Å². The Balaban J connectivity index is 2.01. The van der Waals surface area contributed by atoms with Crippen molar-refractivity contribution in [1.82, 2.24) is 4.98 Å². The number of rotatable bonds is 4. The lowest BCUT2D eigenvalue weighted by Gasteiger charge is -2.17. The summed E-state index contributed by atoms with van der Waals surface area (Å²) in [5, 5.41) is 3.53. The van der Waals surface area contributed by atoms with Crippen molar-refractivity contribution >= 4 is 21.6 Å². The van der Waals surface area contributed by atoms with Crippen molar-refractivity contribution in [3.63, 3.8) is 0 Å². The molecule has 2 rings (SSSR count). The van der Waals surface area contributed by atoms with Crippen molar-refractivity contribution in [2.45, 2.75) is 33.2 Å². The Morgan fingerprint density at radius 1 is 1.11 bits per heavy atom. The van der Waals surface area contributed by atoms with Crippen LogP contribution in [0.5, 0.6) is 0 Å². The van der Waals surface area contributed by atoms with Gasteiger partial charge in [0.1, 0.15) is 0 Å². The molecule has 100 valence electrons. The highest BCUT2D eigenvalue weighted by molar-refractivity contribution is 9.10. The van der Waals surface area contributed by atoms with Crippen LogP contribution >= 0.6 is 15.9 Å². The lowest BCUT2D eigenvalue weighted by molar-refractivity contribution is 0.787. The number of nitrogens with zero attached hydrogens (tertiary/aromatic N) is 1. The van der Waals surface area contributed by atoms with Gasteiger partial charge in [0.05, 0.1) is 11.4 Å². The van der Waals surface area contributed by atoms with Gasteiger partial charge in [-0.15, -0.1) is 0 Å². The second kappa shape index (κ2) is 6.20. The molecule has 0 spiro atoms. The number of anilines is 1. The number of aromatic nitrogens is 1. The van der Waals surface area contributed by atoms with Gasteiger partial charge in [-0.2, -0.15) is 0 Å². The zero-order valence-electron chi connectivity index (χ0n) is 11.6. The highest BCUT2D eigenvalue weighted by Crippen LogP contribution is 2.16. The summed E-state index contributed by atoms with van der Waals surface area (Å²) < 4.78 is 1.12. The minimum absolute atomic E-state index is 0.379. The zero-order valence-corrected chi connectivity index (χ0v) is 13.2. The molecule has 0 saturated heterocycles. The fourth-order valence-corrected chi connectivity index (χ4v) is 2.39. The maximum Gasteiger partial charge on any atom is 0.0606 e. The summed E-state index contributed by atoms with van der Waals surface area (Å²) in [5.74, 6) is 0. The fraction of sp³-hybridized carbons (Fsp3) is 0.312. The van der Waals surface area contributed by atoms with Crippen molar-refractivity contribution < 1.29 is 0 Å². The van der Waals surface area contributed by atoms with Crippen LogP contribution in [0.15, 0.2) is 40.9 Å². The molecule has 0 amide bonds. The molecule has 1 aromatic heterocycles. The quantitative estimate of drug-likeness (QED) is 0.897. The van der Waals surface area contributed by atoms with E-state index in [1.807, 2.05) is 19.9 Å². The van der Waals surface area contributed by atoms with Crippen molar-refractivity contribution in [3.8, 4) is 0 Å². The van der Waals surface area contributed by atoms with E-state index < -0.39 is 0 Å². The Kier molecular flexibility index (Phi) is 4.59. The van der Waals surface area contributed by atoms with Gasteiger partial charge in [0.15, 0.2) is 0 Å². The molecule has 0 fully saturated rings. The molecular formula is C16H19BrN2. The first-order valence-electron chi connectivity index (χ1n) is 6.50. The van der Waals surface area contributed by atoms with Crippen LogP contribution in [0.2, 0.25) is 0 Å². The molecule has 0 bridgehead atoms. The molecule has 0 saturated carbocycles. The third kappa shape index (κ3) is 4.06. The van der Waals surface area contributed by atoms with E-state index in [1.54, 1.807) is 0 Å². The van der Waals surface area contributed by atoms with Crippen molar-refractivity contribution in [3.05, 3.63) is 57.8 Å². The lowest BCUT2D eigenvalue weighted by atomic mass is 10.1. The summed E-state index contributed by atoms with van der Waals surface area (Å²) in [7, 11) is 0. The molecule has 3 heteroatoms. The van der Waals surface area contributed by atoms with Gasteiger partial charge in [0, 0.05) is 16.2 Å². The van der Waals surface area contributed by atoms with E-state index in [-0.39, 0.29) is 0 Å². The summed E-state index contributed by atoms with van der Waals surface area (Å²) in [6.45, 7) is 6.26. The zero-order chi connectivity index (χ0) is 13.8. The molecule has 0 aliphatic rings. The summed E-state index contributed by atoms with van der Waals surface area (Å²) in [6.07, 6.45) is 1.00. The van der Waals surface area contributed by atoms with Gasteiger partial charge in [0.2, 0.25) is 0 Å². The molecule has 1 aromatic carbocycles. The minimum atomic E-state index is 0.379.